The van der Waals surface area contributed by atoms with Gasteiger partial charge in [-0.1, -0.05) is 24.3 Å². The highest BCUT2D eigenvalue weighted by Gasteiger charge is 2.34. The molecule has 0 heterocycles. The zero-order valence-electron chi connectivity index (χ0n) is 41.9. The summed E-state index contributed by atoms with van der Waals surface area (Å²) in [6, 6.07) is 25.9. The van der Waals surface area contributed by atoms with E-state index in [2.05, 4.69) is 9.44 Å². The molecule has 0 bridgehead atoms. The number of hydrogen-bond donors (Lipinski definition) is 3. The topological polar surface area (TPSA) is 174 Å². The van der Waals surface area contributed by atoms with Gasteiger partial charge in [0.05, 0.1) is 41.4 Å². The largest absolute Gasteiger partial charge is 0.488 e. The van der Waals surface area contributed by atoms with E-state index in [0.29, 0.717) is 83.1 Å². The Morgan fingerprint density at radius 1 is 0.538 bits per heavy atom. The Bertz CT molecular complexity index is 3530. The van der Waals surface area contributed by atoms with E-state index in [-0.39, 0.29) is 64.9 Å². The number of aromatic carboxylic acids is 1. The molecule has 412 valence electrons. The maximum absolute atomic E-state index is 13.7. The fourth-order valence-electron chi connectivity index (χ4n) is 8.94. The molecule has 0 spiro atoms. The number of carbonyl (C=O) groups excluding carboxylic acids is 1. The van der Waals surface area contributed by atoms with E-state index < -0.39 is 67.1 Å². The van der Waals surface area contributed by atoms with Crippen molar-refractivity contribution in [1.29, 1.82) is 0 Å². The number of carbonyl (C=O) groups is 2. The number of nitrogens with one attached hydrogen (secondary N) is 2. The van der Waals surface area contributed by atoms with E-state index in [0.717, 1.165) is 36.8 Å². The van der Waals surface area contributed by atoms with Crippen LogP contribution < -0.4 is 18.9 Å². The van der Waals surface area contributed by atoms with Gasteiger partial charge in [-0.15, -0.1) is 0 Å². The second-order valence-electron chi connectivity index (χ2n) is 18.2. The number of ether oxygens (including phenoxy) is 3. The average Bonchev–Trinajstić information content (AvgIpc) is 4.11. The van der Waals surface area contributed by atoms with Crippen LogP contribution in [0.3, 0.4) is 0 Å². The van der Waals surface area contributed by atoms with Crippen molar-refractivity contribution in [3.63, 3.8) is 0 Å². The quantitative estimate of drug-likeness (QED) is 0.0589. The van der Waals surface area contributed by atoms with E-state index in [9.17, 15) is 66.7 Å². The Balaban J connectivity index is 0.000000226. The summed E-state index contributed by atoms with van der Waals surface area (Å²) >= 11 is 0. The Morgan fingerprint density at radius 3 is 1.29 bits per heavy atom. The molecular weight excluding hydrogens is 1080 g/mol. The van der Waals surface area contributed by atoms with Crippen LogP contribution >= 0.6 is 0 Å². The first kappa shape index (κ1) is 58.0. The lowest BCUT2D eigenvalue weighted by atomic mass is 9.93. The molecule has 2 aliphatic rings. The van der Waals surface area contributed by atoms with Crippen LogP contribution in [0.1, 0.15) is 111 Å². The normalized spacial score (nSPS) is 13.9. The molecule has 8 rings (SSSR count). The summed E-state index contributed by atoms with van der Waals surface area (Å²) in [5.74, 6) is -2.41. The fraction of sp³-hybridized carbons (Fsp3) is 0.250. The monoisotopic (exact) mass is 1130 g/mol. The van der Waals surface area contributed by atoms with Gasteiger partial charge in [-0.05, 0) is 187 Å². The van der Waals surface area contributed by atoms with Crippen molar-refractivity contribution in [1.82, 2.24) is 0 Å². The predicted octanol–water partition coefficient (Wildman–Crippen LogP) is 13.7. The van der Waals surface area contributed by atoms with Crippen molar-refractivity contribution in [3.8, 4) is 11.5 Å². The lowest BCUT2D eigenvalue weighted by molar-refractivity contribution is -0.138. The Labute approximate surface area is 444 Å². The molecule has 0 saturated carbocycles. The Hall–Kier alpha value is -7.72. The number of esters is 1. The lowest BCUT2D eigenvalue weighted by Crippen LogP contribution is -2.12. The van der Waals surface area contributed by atoms with Crippen molar-refractivity contribution >= 4 is 65.7 Å². The van der Waals surface area contributed by atoms with E-state index in [1.165, 1.54) is 91.0 Å². The van der Waals surface area contributed by atoms with Crippen molar-refractivity contribution in [2.24, 2.45) is 0 Å². The molecule has 6 aromatic carbocycles. The standard InChI is InChI=1S/C29H27F4NO5S.C27H23F4NO5S/c1-3-38-28(35)20-13-19(14-23(15-20)34-40(2,36)37)24-5-4-6-25(24)26-16-21(29(31,32)33)9-12-27(26)39-17-18-7-10-22(30)11-8-18;1-38(35,36)32-21-12-17(11-18(13-21)26(33)34)22-3-2-4-23(22)24-14-19(27(29,30)31)7-10-25(24)37-15-16-5-8-20(28)9-6-16/h7-16,34H,3-6,17H2,1-2H3;5-14,32H,2-4,15H2,1H3,(H,33,34). The van der Waals surface area contributed by atoms with E-state index in [4.69, 9.17) is 14.2 Å². The van der Waals surface area contributed by atoms with Crippen LogP contribution in [0.5, 0.6) is 11.5 Å². The number of sulfonamides is 2. The van der Waals surface area contributed by atoms with Crippen LogP contribution in [-0.4, -0.2) is 53.0 Å². The van der Waals surface area contributed by atoms with Crippen molar-refractivity contribution in [2.45, 2.75) is 71.0 Å². The minimum absolute atomic E-state index is 0.00201. The van der Waals surface area contributed by atoms with Crippen LogP contribution in [0.2, 0.25) is 0 Å². The predicted molar refractivity (Wildman–Crippen MR) is 278 cm³/mol. The highest BCUT2D eigenvalue weighted by atomic mass is 32.2. The fourth-order valence-corrected chi connectivity index (χ4v) is 10.0. The second kappa shape index (κ2) is 23.9. The molecule has 6 aromatic rings. The van der Waals surface area contributed by atoms with Gasteiger partial charge in [0, 0.05) is 22.5 Å². The van der Waals surface area contributed by atoms with Gasteiger partial charge in [0.1, 0.15) is 36.3 Å². The first-order valence-corrected chi connectivity index (χ1v) is 27.7. The minimum Gasteiger partial charge on any atom is -0.488 e. The van der Waals surface area contributed by atoms with Gasteiger partial charge in [0.2, 0.25) is 20.0 Å². The van der Waals surface area contributed by atoms with Crippen LogP contribution in [0, 0.1) is 11.6 Å². The molecule has 3 N–H and O–H groups in total. The number of anilines is 2. The highest BCUT2D eigenvalue weighted by Crippen LogP contribution is 2.47. The Kier molecular flexibility index (Phi) is 17.8. The van der Waals surface area contributed by atoms with Gasteiger partial charge < -0.3 is 19.3 Å². The van der Waals surface area contributed by atoms with Gasteiger partial charge in [0.15, 0.2) is 0 Å². The van der Waals surface area contributed by atoms with Crippen molar-refractivity contribution in [3.05, 3.63) is 189 Å². The number of allylic oxidation sites excluding steroid dienone is 4. The molecule has 0 saturated heterocycles. The van der Waals surface area contributed by atoms with E-state index >= 15 is 0 Å². The summed E-state index contributed by atoms with van der Waals surface area (Å²) in [6.45, 7) is 1.72. The molecule has 0 fully saturated rings. The zero-order valence-corrected chi connectivity index (χ0v) is 43.5. The first-order valence-electron chi connectivity index (χ1n) is 23.9. The molecule has 0 unspecified atom stereocenters. The van der Waals surface area contributed by atoms with Crippen molar-refractivity contribution in [2.75, 3.05) is 28.6 Å². The lowest BCUT2D eigenvalue weighted by Gasteiger charge is -2.18. The molecule has 0 aliphatic heterocycles. The number of benzene rings is 6. The van der Waals surface area contributed by atoms with Crippen LogP contribution in [0.15, 0.2) is 121 Å². The molecule has 78 heavy (non-hydrogen) atoms. The summed E-state index contributed by atoms with van der Waals surface area (Å²) in [6.07, 6.45) is -4.36. The summed E-state index contributed by atoms with van der Waals surface area (Å²) in [4.78, 5) is 24.3. The molecule has 12 nitrogen and oxygen atoms in total. The van der Waals surface area contributed by atoms with Gasteiger partial charge >= 0.3 is 24.3 Å². The van der Waals surface area contributed by atoms with E-state index in [1.54, 1.807) is 13.0 Å². The van der Waals surface area contributed by atoms with Crippen LogP contribution in [0.4, 0.5) is 46.5 Å². The Morgan fingerprint density at radius 2 is 0.923 bits per heavy atom. The maximum Gasteiger partial charge on any atom is 0.416 e. The number of hydrogen-bond acceptors (Lipinski definition) is 9. The third-order valence-electron chi connectivity index (χ3n) is 12.2. The number of halogens is 8. The summed E-state index contributed by atoms with van der Waals surface area (Å²) in [5, 5.41) is 9.56. The average molecular weight is 1130 g/mol. The molecule has 0 amide bonds. The molecule has 0 aromatic heterocycles. The number of rotatable bonds is 17. The van der Waals surface area contributed by atoms with Crippen LogP contribution in [-0.2, 0) is 50.3 Å². The SMILES string of the molecule is CCOC(=O)c1cc(NS(C)(=O)=O)cc(C2=C(c3cc(C(F)(F)F)ccc3OCc3ccc(F)cc3)CCC2)c1.CS(=O)(=O)Nc1cc(C(=O)O)cc(C2=C(c3cc(C(F)(F)F)ccc3OCc3ccc(F)cc3)CCC2)c1. The number of carboxylic acid groups (broad SMARTS) is 1. The van der Waals surface area contributed by atoms with E-state index in [1.807, 2.05) is 0 Å². The third-order valence-corrected chi connectivity index (χ3v) is 13.5. The highest BCUT2D eigenvalue weighted by molar-refractivity contribution is 7.92. The van der Waals surface area contributed by atoms with Gasteiger partial charge in [0.25, 0.3) is 0 Å². The first-order chi connectivity index (χ1) is 36.6. The van der Waals surface area contributed by atoms with Crippen LogP contribution in [0.25, 0.3) is 22.3 Å². The summed E-state index contributed by atoms with van der Waals surface area (Å²) in [5.41, 5.74) is 3.27. The molecule has 22 heteroatoms. The van der Waals surface area contributed by atoms with Crippen molar-refractivity contribution < 1.29 is 80.9 Å². The molecule has 2 aliphatic carbocycles. The maximum atomic E-state index is 13.7. The molecule has 0 atom stereocenters. The number of carboxylic acids is 1. The summed E-state index contributed by atoms with van der Waals surface area (Å²) in [7, 11) is -7.41. The smallest absolute Gasteiger partial charge is 0.416 e. The minimum atomic E-state index is -4.61. The summed E-state index contributed by atoms with van der Waals surface area (Å²) < 4.78 is 177. The van der Waals surface area contributed by atoms with Gasteiger partial charge in [-0.2, -0.15) is 26.3 Å². The third kappa shape index (κ3) is 15.5. The van der Waals surface area contributed by atoms with Gasteiger partial charge in [-0.25, -0.2) is 35.2 Å². The molecular formula is C56H50F8N2O10S2. The number of alkyl halides is 6. The zero-order chi connectivity index (χ0) is 56.7. The molecule has 0 radical (unpaired) electrons. The second-order valence-corrected chi connectivity index (χ2v) is 21.7. The van der Waals surface area contributed by atoms with Gasteiger partial charge in [-0.3, -0.25) is 9.44 Å².